The number of thioether (sulfide) groups is 1. The molecule has 0 atom stereocenters. The van der Waals surface area contributed by atoms with Gasteiger partial charge in [0.2, 0.25) is 0 Å². The highest BCUT2D eigenvalue weighted by Crippen LogP contribution is 2.28. The van der Waals surface area contributed by atoms with Gasteiger partial charge in [0, 0.05) is 16.5 Å². The molecule has 0 spiro atoms. The first kappa shape index (κ1) is 17.8. The average molecular weight is 369 g/mol. The molecule has 0 bridgehead atoms. The molecule has 0 unspecified atom stereocenters. The summed E-state index contributed by atoms with van der Waals surface area (Å²) in [6, 6.07) is 14.2. The van der Waals surface area contributed by atoms with Crippen molar-refractivity contribution in [3.63, 3.8) is 0 Å². The Morgan fingerprint density at radius 3 is 2.81 bits per heavy atom. The summed E-state index contributed by atoms with van der Waals surface area (Å²) in [6.45, 7) is -0.433. The van der Waals surface area contributed by atoms with Crippen LogP contribution >= 0.6 is 11.8 Å². The van der Waals surface area contributed by atoms with Gasteiger partial charge in [-0.2, -0.15) is 0 Å². The number of carbonyl (C=O) groups is 3. The van der Waals surface area contributed by atoms with Gasteiger partial charge in [0.05, 0.1) is 5.69 Å². The van der Waals surface area contributed by atoms with Gasteiger partial charge in [-0.3, -0.25) is 9.59 Å². The molecule has 26 heavy (non-hydrogen) atoms. The summed E-state index contributed by atoms with van der Waals surface area (Å²) < 4.78 is 10.2. The molecule has 1 amide bonds. The zero-order chi connectivity index (χ0) is 18.4. The topological polar surface area (TPSA) is 81.7 Å². The fraction of sp³-hybridized carbons (Fsp3) is 0.105. The number of amides is 1. The Bertz CT molecular complexity index is 863. The number of hydrogen-bond donors (Lipinski definition) is 1. The standard InChI is InChI=1S/C19H15NO5S/c21-16(13-6-7-17-15(10-13)20-18(22)12-24-17)11-25-19(23)8-9-26-14-4-2-1-3-5-14/h1-10H,11-12H2,(H,20,22)/b9-8+. The van der Waals surface area contributed by atoms with E-state index in [9.17, 15) is 14.4 Å². The third-order valence-electron chi connectivity index (χ3n) is 3.43. The van der Waals surface area contributed by atoms with E-state index in [0.29, 0.717) is 17.0 Å². The molecule has 1 N–H and O–H groups in total. The lowest BCUT2D eigenvalue weighted by Crippen LogP contribution is -2.25. The molecule has 0 fully saturated rings. The smallest absolute Gasteiger partial charge is 0.331 e. The first-order valence-electron chi connectivity index (χ1n) is 7.77. The van der Waals surface area contributed by atoms with E-state index in [0.717, 1.165) is 4.90 Å². The summed E-state index contributed by atoms with van der Waals surface area (Å²) in [5.74, 6) is -0.755. The van der Waals surface area contributed by atoms with Crippen LogP contribution in [-0.2, 0) is 14.3 Å². The highest BCUT2D eigenvalue weighted by atomic mass is 32.2. The van der Waals surface area contributed by atoms with Crippen LogP contribution < -0.4 is 10.1 Å². The second-order valence-electron chi connectivity index (χ2n) is 5.31. The van der Waals surface area contributed by atoms with Crippen molar-refractivity contribution in [2.75, 3.05) is 18.5 Å². The minimum Gasteiger partial charge on any atom is -0.482 e. The number of fused-ring (bicyclic) bond motifs is 1. The van der Waals surface area contributed by atoms with Crippen LogP contribution in [0.5, 0.6) is 5.75 Å². The molecule has 2 aromatic rings. The van der Waals surface area contributed by atoms with Crippen molar-refractivity contribution in [2.45, 2.75) is 4.90 Å². The third-order valence-corrected chi connectivity index (χ3v) is 4.25. The minimum absolute atomic E-state index is 0.0504. The Kier molecular flexibility index (Phi) is 5.70. The lowest BCUT2D eigenvalue weighted by Gasteiger charge is -2.18. The number of benzene rings is 2. The first-order valence-corrected chi connectivity index (χ1v) is 8.65. The fourth-order valence-electron chi connectivity index (χ4n) is 2.19. The van der Waals surface area contributed by atoms with Crippen molar-refractivity contribution in [1.82, 2.24) is 0 Å². The highest BCUT2D eigenvalue weighted by Gasteiger charge is 2.18. The van der Waals surface area contributed by atoms with Crippen LogP contribution in [0, 0.1) is 0 Å². The lowest BCUT2D eigenvalue weighted by atomic mass is 10.1. The summed E-state index contributed by atoms with van der Waals surface area (Å²) in [6.07, 6.45) is 1.27. The van der Waals surface area contributed by atoms with Gasteiger partial charge >= 0.3 is 5.97 Å². The molecule has 3 rings (SSSR count). The largest absolute Gasteiger partial charge is 0.482 e. The molecular formula is C19H15NO5S. The Labute approximate surface area is 154 Å². The van der Waals surface area contributed by atoms with Crippen LogP contribution in [0.15, 0.2) is 64.9 Å². The van der Waals surface area contributed by atoms with E-state index in [4.69, 9.17) is 9.47 Å². The van der Waals surface area contributed by atoms with Gasteiger partial charge < -0.3 is 14.8 Å². The second kappa shape index (κ2) is 8.35. The Hall–Kier alpha value is -3.06. The molecule has 7 heteroatoms. The quantitative estimate of drug-likeness (QED) is 0.365. The van der Waals surface area contributed by atoms with E-state index in [1.807, 2.05) is 30.3 Å². The molecule has 0 radical (unpaired) electrons. The van der Waals surface area contributed by atoms with E-state index in [1.165, 1.54) is 23.9 Å². The van der Waals surface area contributed by atoms with E-state index >= 15 is 0 Å². The molecule has 1 aliphatic rings. The monoisotopic (exact) mass is 369 g/mol. The zero-order valence-corrected chi connectivity index (χ0v) is 14.5. The molecular weight excluding hydrogens is 354 g/mol. The number of esters is 1. The third kappa shape index (κ3) is 4.73. The molecule has 132 valence electrons. The minimum atomic E-state index is -0.601. The maximum absolute atomic E-state index is 12.2. The van der Waals surface area contributed by atoms with E-state index < -0.39 is 5.97 Å². The molecule has 2 aromatic carbocycles. The average Bonchev–Trinajstić information content (AvgIpc) is 2.66. The Morgan fingerprint density at radius 2 is 2.00 bits per heavy atom. The lowest BCUT2D eigenvalue weighted by molar-refractivity contribution is -0.136. The van der Waals surface area contributed by atoms with Crippen molar-refractivity contribution in [3.8, 4) is 5.75 Å². The molecule has 1 heterocycles. The number of ether oxygens (including phenoxy) is 2. The number of ketones is 1. The predicted octanol–water partition coefficient (Wildman–Crippen LogP) is 3.05. The summed E-state index contributed by atoms with van der Waals surface area (Å²) in [5, 5.41) is 4.23. The van der Waals surface area contributed by atoms with Gasteiger partial charge in [-0.1, -0.05) is 30.0 Å². The SMILES string of the molecule is O=C1COc2ccc(C(=O)COC(=O)/C=C/Sc3ccccc3)cc2N1. The highest BCUT2D eigenvalue weighted by molar-refractivity contribution is 8.02. The predicted molar refractivity (Wildman–Crippen MR) is 97.3 cm³/mol. The number of carbonyl (C=O) groups excluding carboxylic acids is 3. The number of Topliss-reactive ketones (excluding diaryl/α,β-unsaturated/α-hetero) is 1. The van der Waals surface area contributed by atoms with Crippen molar-refractivity contribution in [1.29, 1.82) is 0 Å². The Morgan fingerprint density at radius 1 is 1.19 bits per heavy atom. The molecule has 0 saturated carbocycles. The molecule has 0 saturated heterocycles. The number of anilines is 1. The van der Waals surface area contributed by atoms with Gasteiger partial charge in [0.15, 0.2) is 19.0 Å². The van der Waals surface area contributed by atoms with Gasteiger partial charge in [-0.25, -0.2) is 4.79 Å². The summed E-state index contributed by atoms with van der Waals surface area (Å²) >= 11 is 1.37. The van der Waals surface area contributed by atoms with Crippen LogP contribution in [0.1, 0.15) is 10.4 Å². The molecule has 0 aliphatic carbocycles. The second-order valence-corrected chi connectivity index (χ2v) is 6.29. The fourth-order valence-corrected chi connectivity index (χ4v) is 2.84. The van der Waals surface area contributed by atoms with E-state index in [1.54, 1.807) is 17.5 Å². The van der Waals surface area contributed by atoms with Crippen LogP contribution in [0.3, 0.4) is 0 Å². The number of nitrogens with one attached hydrogen (secondary N) is 1. The Balaban J connectivity index is 1.51. The summed E-state index contributed by atoms with van der Waals surface area (Å²) in [7, 11) is 0. The van der Waals surface area contributed by atoms with Crippen LogP contribution in [0.25, 0.3) is 0 Å². The maximum atomic E-state index is 12.2. The summed E-state index contributed by atoms with van der Waals surface area (Å²) in [4.78, 5) is 36.2. The van der Waals surface area contributed by atoms with Gasteiger partial charge in [-0.05, 0) is 35.7 Å². The van der Waals surface area contributed by atoms with Gasteiger partial charge in [0.1, 0.15) is 5.75 Å². The maximum Gasteiger partial charge on any atom is 0.331 e. The van der Waals surface area contributed by atoms with Crippen molar-refractivity contribution in [3.05, 3.63) is 65.6 Å². The van der Waals surface area contributed by atoms with Gasteiger partial charge in [0.25, 0.3) is 5.91 Å². The normalized spacial score (nSPS) is 12.8. The number of rotatable bonds is 6. The zero-order valence-electron chi connectivity index (χ0n) is 13.6. The molecule has 0 aromatic heterocycles. The molecule has 1 aliphatic heterocycles. The van der Waals surface area contributed by atoms with Crippen molar-refractivity contribution >= 4 is 35.1 Å². The molecule has 6 nitrogen and oxygen atoms in total. The van der Waals surface area contributed by atoms with Crippen molar-refractivity contribution in [2.24, 2.45) is 0 Å². The van der Waals surface area contributed by atoms with Crippen LogP contribution in [0.4, 0.5) is 5.69 Å². The van der Waals surface area contributed by atoms with E-state index in [-0.39, 0.29) is 24.9 Å². The summed E-state index contributed by atoms with van der Waals surface area (Å²) in [5.41, 5.74) is 0.752. The first-order chi connectivity index (χ1) is 12.6. The van der Waals surface area contributed by atoms with E-state index in [2.05, 4.69) is 5.32 Å². The van der Waals surface area contributed by atoms with Gasteiger partial charge in [-0.15, -0.1) is 0 Å². The van der Waals surface area contributed by atoms with Crippen LogP contribution in [0.2, 0.25) is 0 Å². The van der Waals surface area contributed by atoms with Crippen LogP contribution in [-0.4, -0.2) is 30.9 Å². The van der Waals surface area contributed by atoms with Crippen molar-refractivity contribution < 1.29 is 23.9 Å². The number of hydrogen-bond acceptors (Lipinski definition) is 6.